The molecule has 21 heavy (non-hydrogen) atoms. The topological polar surface area (TPSA) is 64.6 Å². The van der Waals surface area contributed by atoms with Crippen LogP contribution in [0.2, 0.25) is 0 Å². The minimum Gasteiger partial charge on any atom is -0.396 e. The first kappa shape index (κ1) is 18.2. The Morgan fingerprint density at radius 1 is 1.29 bits per heavy atom. The van der Waals surface area contributed by atoms with Gasteiger partial charge < -0.3 is 20.6 Å². The fourth-order valence-corrected chi connectivity index (χ4v) is 3.24. The number of rotatable bonds is 8. The highest BCUT2D eigenvalue weighted by molar-refractivity contribution is 5.74. The smallest absolute Gasteiger partial charge is 0.315 e. The van der Waals surface area contributed by atoms with Crippen LogP contribution in [0.1, 0.15) is 52.4 Å². The highest BCUT2D eigenvalue weighted by atomic mass is 16.3. The van der Waals surface area contributed by atoms with Crippen LogP contribution in [-0.4, -0.2) is 55.4 Å². The van der Waals surface area contributed by atoms with Gasteiger partial charge in [0.1, 0.15) is 0 Å². The maximum Gasteiger partial charge on any atom is 0.315 e. The summed E-state index contributed by atoms with van der Waals surface area (Å²) in [5, 5.41) is 15.3. The van der Waals surface area contributed by atoms with Crippen molar-refractivity contribution in [3.05, 3.63) is 0 Å². The normalized spacial score (nSPS) is 22.6. The van der Waals surface area contributed by atoms with E-state index in [4.69, 9.17) is 0 Å². The summed E-state index contributed by atoms with van der Waals surface area (Å²) in [5.74, 6) is 0. The van der Waals surface area contributed by atoms with Crippen LogP contribution in [0.5, 0.6) is 0 Å². The van der Waals surface area contributed by atoms with Crippen molar-refractivity contribution in [2.45, 2.75) is 64.5 Å². The summed E-state index contributed by atoms with van der Waals surface area (Å²) < 4.78 is 0. The number of hydrogen-bond donors (Lipinski definition) is 3. The molecule has 0 radical (unpaired) electrons. The molecular weight excluding hydrogens is 266 g/mol. The quantitative estimate of drug-likeness (QED) is 0.642. The van der Waals surface area contributed by atoms with E-state index in [9.17, 15) is 9.90 Å². The number of carbonyl (C=O) groups is 1. The lowest BCUT2D eigenvalue weighted by atomic mass is 9.79. The molecule has 1 aliphatic carbocycles. The lowest BCUT2D eigenvalue weighted by Gasteiger charge is -2.31. The van der Waals surface area contributed by atoms with Gasteiger partial charge in [0.25, 0.3) is 0 Å². The van der Waals surface area contributed by atoms with Gasteiger partial charge in [-0.05, 0) is 58.0 Å². The molecule has 1 aliphatic rings. The van der Waals surface area contributed by atoms with E-state index in [1.54, 1.807) is 0 Å². The van der Waals surface area contributed by atoms with E-state index < -0.39 is 0 Å². The van der Waals surface area contributed by atoms with Gasteiger partial charge >= 0.3 is 6.03 Å². The number of hydrogen-bond acceptors (Lipinski definition) is 3. The maximum atomic E-state index is 12.1. The largest absolute Gasteiger partial charge is 0.396 e. The Balaban J connectivity index is 2.37. The van der Waals surface area contributed by atoms with Gasteiger partial charge in [0.15, 0.2) is 0 Å². The van der Waals surface area contributed by atoms with Gasteiger partial charge in [-0.3, -0.25) is 0 Å². The third-order valence-electron chi connectivity index (χ3n) is 5.24. The third-order valence-corrected chi connectivity index (χ3v) is 5.24. The first-order chi connectivity index (χ1) is 9.96. The van der Waals surface area contributed by atoms with E-state index in [-0.39, 0.29) is 24.1 Å². The van der Waals surface area contributed by atoms with Gasteiger partial charge in [-0.15, -0.1) is 0 Å². The van der Waals surface area contributed by atoms with Crippen molar-refractivity contribution >= 4 is 6.03 Å². The van der Waals surface area contributed by atoms with Gasteiger partial charge in [-0.1, -0.05) is 13.8 Å². The fourth-order valence-electron chi connectivity index (χ4n) is 3.24. The number of amides is 2. The van der Waals surface area contributed by atoms with E-state index in [0.717, 1.165) is 38.5 Å². The van der Waals surface area contributed by atoms with E-state index in [2.05, 4.69) is 43.5 Å². The highest BCUT2D eigenvalue weighted by Crippen LogP contribution is 2.29. The Morgan fingerprint density at radius 3 is 2.43 bits per heavy atom. The summed E-state index contributed by atoms with van der Waals surface area (Å²) in [6, 6.07) is 0.798. The van der Waals surface area contributed by atoms with Crippen LogP contribution in [0.3, 0.4) is 0 Å². The van der Waals surface area contributed by atoms with Crippen LogP contribution in [0.4, 0.5) is 4.79 Å². The summed E-state index contributed by atoms with van der Waals surface area (Å²) in [6.45, 7) is 5.06. The summed E-state index contributed by atoms with van der Waals surface area (Å²) in [6.07, 6.45) is 5.92. The zero-order valence-electron chi connectivity index (χ0n) is 14.1. The Kier molecular flexibility index (Phi) is 7.46. The van der Waals surface area contributed by atoms with E-state index in [0.29, 0.717) is 12.6 Å². The standard InChI is InChI=1S/C16H33N3O2/c1-5-16(6-2,9-10-20)12-17-15(21)18-13-7-8-14(11-13)19(3)4/h13-14,20H,5-12H2,1-4H3,(H2,17,18,21). The van der Waals surface area contributed by atoms with Gasteiger partial charge in [0.05, 0.1) is 0 Å². The Bertz CT molecular complexity index is 317. The van der Waals surface area contributed by atoms with E-state index in [1.807, 2.05) is 0 Å². The predicted octanol–water partition coefficient (Wildman–Crippen LogP) is 1.96. The van der Waals surface area contributed by atoms with Crippen molar-refractivity contribution < 1.29 is 9.90 Å². The molecule has 0 spiro atoms. The van der Waals surface area contributed by atoms with Crippen molar-refractivity contribution in [2.75, 3.05) is 27.2 Å². The first-order valence-electron chi connectivity index (χ1n) is 8.28. The average molecular weight is 299 g/mol. The predicted molar refractivity (Wildman–Crippen MR) is 86.4 cm³/mol. The molecule has 0 saturated heterocycles. The van der Waals surface area contributed by atoms with Crippen LogP contribution in [0.25, 0.3) is 0 Å². The molecule has 1 fully saturated rings. The molecule has 2 atom stereocenters. The minimum atomic E-state index is -0.0661. The monoisotopic (exact) mass is 299 g/mol. The van der Waals surface area contributed by atoms with E-state index in [1.165, 1.54) is 0 Å². The lowest BCUT2D eigenvalue weighted by molar-refractivity contribution is 0.162. The molecule has 2 unspecified atom stereocenters. The number of aliphatic hydroxyl groups excluding tert-OH is 1. The molecular formula is C16H33N3O2. The highest BCUT2D eigenvalue weighted by Gasteiger charge is 2.29. The Labute approximate surface area is 129 Å². The maximum absolute atomic E-state index is 12.1. The SMILES string of the molecule is CCC(CC)(CCO)CNC(=O)NC1CCC(N(C)C)C1. The van der Waals surface area contributed by atoms with Crippen molar-refractivity contribution in [3.63, 3.8) is 0 Å². The van der Waals surface area contributed by atoms with Crippen molar-refractivity contribution in [1.29, 1.82) is 0 Å². The van der Waals surface area contributed by atoms with Crippen molar-refractivity contribution in [1.82, 2.24) is 15.5 Å². The number of carbonyl (C=O) groups excluding carboxylic acids is 1. The molecule has 1 saturated carbocycles. The van der Waals surface area contributed by atoms with Crippen molar-refractivity contribution in [3.8, 4) is 0 Å². The third kappa shape index (κ3) is 5.47. The molecule has 0 aromatic rings. The summed E-state index contributed by atoms with van der Waals surface area (Å²) in [5.41, 5.74) is 0.0218. The van der Waals surface area contributed by atoms with Gasteiger partial charge in [0.2, 0.25) is 0 Å². The summed E-state index contributed by atoms with van der Waals surface area (Å²) >= 11 is 0. The van der Waals surface area contributed by atoms with Crippen LogP contribution in [-0.2, 0) is 0 Å². The van der Waals surface area contributed by atoms with E-state index >= 15 is 0 Å². The second-order valence-electron chi connectivity index (χ2n) is 6.64. The molecule has 0 aliphatic heterocycles. The minimum absolute atomic E-state index is 0.0218. The fraction of sp³-hybridized carbons (Fsp3) is 0.938. The number of nitrogens with zero attached hydrogens (tertiary/aromatic N) is 1. The zero-order valence-corrected chi connectivity index (χ0v) is 14.1. The summed E-state index contributed by atoms with van der Waals surface area (Å²) in [7, 11) is 4.19. The molecule has 2 amide bonds. The van der Waals surface area contributed by atoms with Crippen LogP contribution in [0.15, 0.2) is 0 Å². The van der Waals surface area contributed by atoms with Gasteiger partial charge in [0, 0.05) is 25.2 Å². The van der Waals surface area contributed by atoms with Crippen LogP contribution in [0, 0.1) is 5.41 Å². The second-order valence-corrected chi connectivity index (χ2v) is 6.64. The first-order valence-corrected chi connectivity index (χ1v) is 8.28. The molecule has 1 rings (SSSR count). The number of urea groups is 1. The van der Waals surface area contributed by atoms with Gasteiger partial charge in [-0.25, -0.2) is 4.79 Å². The molecule has 3 N–H and O–H groups in total. The zero-order chi connectivity index (χ0) is 15.9. The number of aliphatic hydroxyl groups is 1. The Hall–Kier alpha value is -0.810. The molecule has 5 heteroatoms. The number of nitrogens with one attached hydrogen (secondary N) is 2. The second kappa shape index (κ2) is 8.59. The molecule has 5 nitrogen and oxygen atoms in total. The Morgan fingerprint density at radius 2 is 1.95 bits per heavy atom. The van der Waals surface area contributed by atoms with Gasteiger partial charge in [-0.2, -0.15) is 0 Å². The molecule has 124 valence electrons. The average Bonchev–Trinajstić information content (AvgIpc) is 2.92. The van der Waals surface area contributed by atoms with Crippen molar-refractivity contribution in [2.24, 2.45) is 5.41 Å². The molecule has 0 aromatic carbocycles. The van der Waals surface area contributed by atoms with Crippen LogP contribution < -0.4 is 10.6 Å². The molecule has 0 bridgehead atoms. The lowest BCUT2D eigenvalue weighted by Crippen LogP contribution is -2.46. The van der Waals surface area contributed by atoms with Crippen LogP contribution >= 0.6 is 0 Å². The molecule has 0 aromatic heterocycles. The summed E-state index contributed by atoms with van der Waals surface area (Å²) in [4.78, 5) is 14.3. The molecule has 0 heterocycles.